The third-order valence-electron chi connectivity index (χ3n) is 5.17. The minimum absolute atomic E-state index is 0.00740. The molecule has 3 aromatic heterocycles. The summed E-state index contributed by atoms with van der Waals surface area (Å²) in [7, 11) is 0. The van der Waals surface area contributed by atoms with E-state index in [1.54, 1.807) is 33.5 Å². The van der Waals surface area contributed by atoms with Crippen molar-refractivity contribution in [2.24, 2.45) is 0 Å². The largest absolute Gasteiger partial charge is 0.370 e. The maximum atomic E-state index is 13.3. The first kappa shape index (κ1) is 22.5. The summed E-state index contributed by atoms with van der Waals surface area (Å²) in [6.07, 6.45) is 3.11. The number of pyridine rings is 1. The topological polar surface area (TPSA) is 88.5 Å². The van der Waals surface area contributed by atoms with Gasteiger partial charge in [-0.15, -0.1) is 22.7 Å². The number of carbonyl (C=O) groups excluding carboxylic acids is 2. The molecule has 0 radical (unpaired) electrons. The summed E-state index contributed by atoms with van der Waals surface area (Å²) in [5, 5.41) is 3.76. The van der Waals surface area contributed by atoms with Crippen LogP contribution in [-0.2, 0) is 22.7 Å². The number of aryl methyl sites for hydroxylation is 3. The van der Waals surface area contributed by atoms with Crippen molar-refractivity contribution in [3.05, 3.63) is 61.8 Å². The molecule has 1 atom stereocenters. The molecule has 1 aliphatic heterocycles. The Morgan fingerprint density at radius 2 is 1.94 bits per heavy atom. The average Bonchev–Trinajstić information content (AvgIpc) is 3.29. The Bertz CT molecular complexity index is 1100. The number of thiazole rings is 2. The van der Waals surface area contributed by atoms with Crippen LogP contribution in [0, 0.1) is 20.8 Å². The zero-order valence-electron chi connectivity index (χ0n) is 18.3. The second kappa shape index (κ2) is 9.85. The first-order valence-electron chi connectivity index (χ1n) is 10.3. The standard InChI is InChI=1S/C22H25N5O3S2/c1-14-21(32-16(3)24-14)22(29)27-10-19(30-12-17-4-6-23-7-5-17)9-26(20(28)11-27)8-18-13-31-15(2)25-18/h4-7,13,19H,8-12H2,1-3H3/t19-/m1/s1. The highest BCUT2D eigenvalue weighted by atomic mass is 32.1. The Morgan fingerprint density at radius 1 is 1.16 bits per heavy atom. The number of hydrogen-bond donors (Lipinski definition) is 0. The van der Waals surface area contributed by atoms with Gasteiger partial charge in [-0.25, -0.2) is 9.97 Å². The molecule has 2 amide bonds. The SMILES string of the molecule is Cc1nc(CN2C[C@@H](OCc3ccncc3)CN(C(=O)c3sc(C)nc3C)CC2=O)cs1. The van der Waals surface area contributed by atoms with Crippen molar-refractivity contribution < 1.29 is 14.3 Å². The molecule has 3 aromatic rings. The third-order valence-corrected chi connectivity index (χ3v) is 7.05. The van der Waals surface area contributed by atoms with Crippen molar-refractivity contribution in [1.82, 2.24) is 24.8 Å². The molecule has 4 rings (SSSR count). The van der Waals surface area contributed by atoms with Crippen LogP contribution < -0.4 is 0 Å². The van der Waals surface area contributed by atoms with Crippen LogP contribution in [0.25, 0.3) is 0 Å². The molecular formula is C22H25N5O3S2. The van der Waals surface area contributed by atoms with E-state index in [0.717, 1.165) is 21.3 Å². The van der Waals surface area contributed by atoms with Crippen LogP contribution >= 0.6 is 22.7 Å². The van der Waals surface area contributed by atoms with Crippen LogP contribution in [0.5, 0.6) is 0 Å². The lowest BCUT2D eigenvalue weighted by Crippen LogP contribution is -2.39. The van der Waals surface area contributed by atoms with E-state index in [-0.39, 0.29) is 24.5 Å². The normalized spacial score (nSPS) is 17.0. The quantitative estimate of drug-likeness (QED) is 0.549. The second-order valence-electron chi connectivity index (χ2n) is 7.75. The molecule has 8 nitrogen and oxygen atoms in total. The Morgan fingerprint density at radius 3 is 2.59 bits per heavy atom. The fourth-order valence-corrected chi connectivity index (χ4v) is 5.13. The van der Waals surface area contributed by atoms with Gasteiger partial charge in [-0.3, -0.25) is 14.6 Å². The molecule has 1 fully saturated rings. The molecule has 168 valence electrons. The summed E-state index contributed by atoms with van der Waals surface area (Å²) < 4.78 is 6.18. The smallest absolute Gasteiger partial charge is 0.266 e. The van der Waals surface area contributed by atoms with Gasteiger partial charge in [-0.1, -0.05) is 0 Å². The number of amides is 2. The Hall–Kier alpha value is -2.69. The lowest BCUT2D eigenvalue weighted by Gasteiger charge is -2.24. The zero-order chi connectivity index (χ0) is 22.7. The molecule has 1 saturated heterocycles. The lowest BCUT2D eigenvalue weighted by molar-refractivity contribution is -0.132. The van der Waals surface area contributed by atoms with Gasteiger partial charge in [-0.05, 0) is 38.5 Å². The number of aromatic nitrogens is 3. The highest BCUT2D eigenvalue weighted by molar-refractivity contribution is 7.13. The van der Waals surface area contributed by atoms with Crippen LogP contribution in [0.15, 0.2) is 29.9 Å². The molecule has 0 saturated carbocycles. The Balaban J connectivity index is 1.54. The summed E-state index contributed by atoms with van der Waals surface area (Å²) in [6.45, 7) is 7.16. The second-order valence-corrected chi connectivity index (χ2v) is 10.0. The van der Waals surface area contributed by atoms with E-state index in [4.69, 9.17) is 4.74 Å². The molecule has 0 aromatic carbocycles. The van der Waals surface area contributed by atoms with E-state index in [9.17, 15) is 9.59 Å². The van der Waals surface area contributed by atoms with Crippen molar-refractivity contribution in [2.75, 3.05) is 19.6 Å². The summed E-state index contributed by atoms with van der Waals surface area (Å²) in [5.74, 6) is -0.289. The van der Waals surface area contributed by atoms with Crippen LogP contribution in [0.4, 0.5) is 0 Å². The zero-order valence-corrected chi connectivity index (χ0v) is 19.9. The molecule has 0 N–H and O–H groups in total. The Labute approximate surface area is 194 Å². The first-order chi connectivity index (χ1) is 15.4. The summed E-state index contributed by atoms with van der Waals surface area (Å²) >= 11 is 2.92. The lowest BCUT2D eigenvalue weighted by atomic mass is 10.2. The number of ether oxygens (including phenoxy) is 1. The minimum atomic E-state index is -0.326. The predicted octanol–water partition coefficient (Wildman–Crippen LogP) is 2.99. The van der Waals surface area contributed by atoms with Crippen molar-refractivity contribution in [1.29, 1.82) is 0 Å². The molecule has 0 spiro atoms. The van der Waals surface area contributed by atoms with E-state index in [0.29, 0.717) is 36.8 Å². The van der Waals surface area contributed by atoms with Crippen LogP contribution in [0.3, 0.4) is 0 Å². The summed E-state index contributed by atoms with van der Waals surface area (Å²) in [5.41, 5.74) is 2.53. The fourth-order valence-electron chi connectivity index (χ4n) is 3.63. The number of hydrogen-bond acceptors (Lipinski definition) is 8. The average molecular weight is 472 g/mol. The van der Waals surface area contributed by atoms with Crippen molar-refractivity contribution >= 4 is 34.5 Å². The fraction of sp³-hybridized carbons (Fsp3) is 0.409. The molecule has 1 aliphatic rings. The van der Waals surface area contributed by atoms with E-state index >= 15 is 0 Å². The number of rotatable bonds is 6. The van der Waals surface area contributed by atoms with Crippen LogP contribution in [0.1, 0.15) is 36.6 Å². The van der Waals surface area contributed by atoms with Crippen LogP contribution in [0.2, 0.25) is 0 Å². The van der Waals surface area contributed by atoms with Gasteiger partial charge in [0.15, 0.2) is 0 Å². The van der Waals surface area contributed by atoms with Crippen molar-refractivity contribution in [3.8, 4) is 0 Å². The van der Waals surface area contributed by atoms with Crippen LogP contribution in [-0.4, -0.2) is 62.3 Å². The van der Waals surface area contributed by atoms with Gasteiger partial charge in [-0.2, -0.15) is 0 Å². The summed E-state index contributed by atoms with van der Waals surface area (Å²) in [6, 6.07) is 3.79. The molecule has 32 heavy (non-hydrogen) atoms. The molecule has 0 unspecified atom stereocenters. The molecule has 0 bridgehead atoms. The highest BCUT2D eigenvalue weighted by Crippen LogP contribution is 2.22. The maximum Gasteiger partial charge on any atom is 0.266 e. The number of nitrogens with zero attached hydrogens (tertiary/aromatic N) is 5. The van der Waals surface area contributed by atoms with E-state index in [1.807, 2.05) is 38.3 Å². The van der Waals surface area contributed by atoms with Crippen molar-refractivity contribution in [3.63, 3.8) is 0 Å². The van der Waals surface area contributed by atoms with Gasteiger partial charge in [0.25, 0.3) is 5.91 Å². The predicted molar refractivity (Wildman–Crippen MR) is 123 cm³/mol. The first-order valence-corrected chi connectivity index (χ1v) is 12.0. The molecular weight excluding hydrogens is 446 g/mol. The molecule has 0 aliphatic carbocycles. The highest BCUT2D eigenvalue weighted by Gasteiger charge is 2.33. The maximum absolute atomic E-state index is 13.3. The third kappa shape index (κ3) is 5.37. The van der Waals surface area contributed by atoms with E-state index in [1.165, 1.54) is 11.3 Å². The van der Waals surface area contributed by atoms with Gasteiger partial charge < -0.3 is 14.5 Å². The molecule has 10 heteroatoms. The molecule has 4 heterocycles. The van der Waals surface area contributed by atoms with Crippen molar-refractivity contribution in [2.45, 2.75) is 40.0 Å². The van der Waals surface area contributed by atoms with Gasteiger partial charge in [0.2, 0.25) is 5.91 Å². The Kier molecular flexibility index (Phi) is 6.92. The summed E-state index contributed by atoms with van der Waals surface area (Å²) in [4.78, 5) is 43.2. The van der Waals surface area contributed by atoms with Gasteiger partial charge in [0, 0.05) is 30.9 Å². The minimum Gasteiger partial charge on any atom is -0.370 e. The van der Waals surface area contributed by atoms with E-state index in [2.05, 4.69) is 15.0 Å². The van der Waals surface area contributed by atoms with E-state index < -0.39 is 0 Å². The monoisotopic (exact) mass is 471 g/mol. The number of carbonyl (C=O) groups is 2. The van der Waals surface area contributed by atoms with Gasteiger partial charge in [0.05, 0.1) is 40.7 Å². The van der Waals surface area contributed by atoms with Gasteiger partial charge >= 0.3 is 0 Å². The van der Waals surface area contributed by atoms with Gasteiger partial charge in [0.1, 0.15) is 11.4 Å².